The van der Waals surface area contributed by atoms with E-state index in [1.54, 1.807) is 0 Å². The highest BCUT2D eigenvalue weighted by Gasteiger charge is 2.08. The van der Waals surface area contributed by atoms with E-state index in [9.17, 15) is 4.79 Å². The summed E-state index contributed by atoms with van der Waals surface area (Å²) >= 11 is 0. The number of fused-ring (bicyclic) bond motifs is 1. The van der Waals surface area contributed by atoms with Crippen LogP contribution in [0, 0.1) is 0 Å². The molecular weight excluding hydrogens is 406 g/mol. The Hall–Kier alpha value is -4.13. The highest BCUT2D eigenvalue weighted by atomic mass is 16.6. The molecule has 7 heteroatoms. The number of hydrogen-bond donors (Lipinski definition) is 1. The second-order valence-corrected chi connectivity index (χ2v) is 7.20. The van der Waals surface area contributed by atoms with E-state index < -0.39 is 5.97 Å². The second-order valence-electron chi connectivity index (χ2n) is 7.20. The smallest absolute Gasteiger partial charge is 0.303 e. The maximum Gasteiger partial charge on any atom is 0.303 e. The summed E-state index contributed by atoms with van der Waals surface area (Å²) in [5.74, 6) is -0.131. The number of ether oxygens (including phenoxy) is 1. The molecule has 0 unspecified atom stereocenters. The molecule has 0 amide bonds. The summed E-state index contributed by atoms with van der Waals surface area (Å²) in [4.78, 5) is 21.0. The number of aromatic nitrogens is 2. The Bertz CT molecular complexity index is 1170. The van der Waals surface area contributed by atoms with Crippen LogP contribution in [-0.4, -0.2) is 26.2 Å². The lowest BCUT2D eigenvalue weighted by molar-refractivity contribution is -0.136. The number of nitrogens with zero attached hydrogens (tertiary/aromatic N) is 3. The minimum absolute atomic E-state index is 0.00453. The lowest BCUT2D eigenvalue weighted by Gasteiger charge is -2.07. The van der Waals surface area contributed by atoms with Gasteiger partial charge in [0, 0.05) is 18.8 Å². The molecule has 0 atom stereocenters. The van der Waals surface area contributed by atoms with Crippen LogP contribution in [0.5, 0.6) is 5.75 Å². The maximum absolute atomic E-state index is 10.9. The van der Waals surface area contributed by atoms with Crippen molar-refractivity contribution in [1.29, 1.82) is 0 Å². The number of oxime groups is 1. The van der Waals surface area contributed by atoms with Crippen LogP contribution in [0.25, 0.3) is 5.65 Å². The topological polar surface area (TPSA) is 85.4 Å². The average Bonchev–Trinajstić information content (AvgIpc) is 3.24. The van der Waals surface area contributed by atoms with Crippen molar-refractivity contribution in [2.24, 2.45) is 5.16 Å². The molecule has 0 aliphatic heterocycles. The minimum Gasteiger partial charge on any atom is -0.487 e. The molecule has 162 valence electrons. The molecule has 2 heterocycles. The number of benzene rings is 2. The van der Waals surface area contributed by atoms with Crippen LogP contribution in [0.3, 0.4) is 0 Å². The first-order valence-electron chi connectivity index (χ1n) is 10.3. The van der Waals surface area contributed by atoms with E-state index in [4.69, 9.17) is 14.7 Å². The second kappa shape index (κ2) is 10.3. The van der Waals surface area contributed by atoms with Crippen LogP contribution in [0.4, 0.5) is 0 Å². The van der Waals surface area contributed by atoms with Crippen LogP contribution in [0.2, 0.25) is 0 Å². The number of rotatable bonds is 10. The molecule has 0 spiro atoms. The van der Waals surface area contributed by atoms with Gasteiger partial charge in [0.1, 0.15) is 24.6 Å². The third-order valence-corrected chi connectivity index (χ3v) is 4.81. The van der Waals surface area contributed by atoms with Crippen molar-refractivity contribution < 1.29 is 19.5 Å². The predicted molar refractivity (Wildman–Crippen MR) is 121 cm³/mol. The first kappa shape index (κ1) is 21.1. The van der Waals surface area contributed by atoms with E-state index >= 15 is 0 Å². The van der Waals surface area contributed by atoms with Gasteiger partial charge in [-0.1, -0.05) is 53.7 Å². The van der Waals surface area contributed by atoms with Gasteiger partial charge >= 0.3 is 5.97 Å². The molecule has 32 heavy (non-hydrogen) atoms. The van der Waals surface area contributed by atoms with Crippen molar-refractivity contribution in [1.82, 2.24) is 9.38 Å². The minimum atomic E-state index is -0.868. The van der Waals surface area contributed by atoms with Crippen molar-refractivity contribution in [2.75, 3.05) is 0 Å². The van der Waals surface area contributed by atoms with Gasteiger partial charge in [-0.15, -0.1) is 0 Å². The van der Waals surface area contributed by atoms with Crippen molar-refractivity contribution in [2.45, 2.75) is 26.1 Å². The standard InChI is InChI=1S/C25H23N3O4/c29-25(30)14-13-23(20-6-2-1-3-7-20)27-32-17-19-9-11-22(12-10-19)31-18-21-16-28-15-5-4-8-24(28)26-21/h1-12,15-16H,13-14,17-18H2,(H,29,30)/b27-23-. The van der Waals surface area contributed by atoms with Gasteiger partial charge in [0.15, 0.2) is 0 Å². The van der Waals surface area contributed by atoms with Crippen LogP contribution >= 0.6 is 0 Å². The number of aliphatic carboxylic acids is 1. The summed E-state index contributed by atoms with van der Waals surface area (Å²) in [7, 11) is 0. The third kappa shape index (κ3) is 5.72. The fraction of sp³-hybridized carbons (Fsp3) is 0.160. The Labute approximate surface area is 185 Å². The van der Waals surface area contributed by atoms with Crippen molar-refractivity contribution >= 4 is 17.3 Å². The molecule has 0 bridgehead atoms. The Balaban J connectivity index is 1.32. The summed E-state index contributed by atoms with van der Waals surface area (Å²) in [6.07, 6.45) is 4.20. The highest BCUT2D eigenvalue weighted by molar-refractivity contribution is 6.01. The molecule has 0 fully saturated rings. The van der Waals surface area contributed by atoms with E-state index in [0.717, 1.165) is 28.2 Å². The van der Waals surface area contributed by atoms with Crippen LogP contribution in [0.15, 0.2) is 90.3 Å². The molecule has 2 aromatic heterocycles. The molecule has 7 nitrogen and oxygen atoms in total. The van der Waals surface area contributed by atoms with Crippen molar-refractivity contribution in [3.05, 3.63) is 102 Å². The number of pyridine rings is 1. The number of carbonyl (C=O) groups is 1. The van der Waals surface area contributed by atoms with E-state index in [1.807, 2.05) is 89.6 Å². The number of carboxylic acid groups (broad SMARTS) is 1. The van der Waals surface area contributed by atoms with Crippen LogP contribution in [-0.2, 0) is 22.8 Å². The van der Waals surface area contributed by atoms with Crippen LogP contribution < -0.4 is 4.74 Å². The summed E-state index contributed by atoms with van der Waals surface area (Å²) in [5, 5.41) is 13.2. The lowest BCUT2D eigenvalue weighted by atomic mass is 10.1. The molecule has 0 saturated heterocycles. The van der Waals surface area contributed by atoms with E-state index in [1.165, 1.54) is 0 Å². The molecule has 0 aliphatic carbocycles. The van der Waals surface area contributed by atoms with Gasteiger partial charge in [-0.2, -0.15) is 0 Å². The zero-order valence-corrected chi connectivity index (χ0v) is 17.4. The average molecular weight is 429 g/mol. The number of imidazole rings is 1. The normalized spacial score (nSPS) is 11.4. The Morgan fingerprint density at radius 2 is 1.72 bits per heavy atom. The summed E-state index contributed by atoms with van der Waals surface area (Å²) in [5.41, 5.74) is 4.13. The summed E-state index contributed by atoms with van der Waals surface area (Å²) < 4.78 is 7.79. The largest absolute Gasteiger partial charge is 0.487 e. The monoisotopic (exact) mass is 429 g/mol. The van der Waals surface area contributed by atoms with E-state index in [2.05, 4.69) is 10.1 Å². The number of hydrogen-bond acceptors (Lipinski definition) is 5. The van der Waals surface area contributed by atoms with Crippen molar-refractivity contribution in [3.63, 3.8) is 0 Å². The van der Waals surface area contributed by atoms with Gasteiger partial charge in [0.05, 0.1) is 17.8 Å². The Morgan fingerprint density at radius 1 is 0.938 bits per heavy atom. The lowest BCUT2D eigenvalue weighted by Crippen LogP contribution is -2.06. The fourth-order valence-corrected chi connectivity index (χ4v) is 3.18. The Kier molecular flexibility index (Phi) is 6.77. The van der Waals surface area contributed by atoms with Crippen molar-refractivity contribution in [3.8, 4) is 5.75 Å². The van der Waals surface area contributed by atoms with Gasteiger partial charge in [-0.3, -0.25) is 4.79 Å². The predicted octanol–water partition coefficient (Wildman–Crippen LogP) is 4.70. The molecule has 4 aromatic rings. The van der Waals surface area contributed by atoms with Gasteiger partial charge < -0.3 is 19.1 Å². The first-order chi connectivity index (χ1) is 15.7. The highest BCUT2D eigenvalue weighted by Crippen LogP contribution is 2.16. The van der Waals surface area contributed by atoms with Gasteiger partial charge in [-0.25, -0.2) is 4.98 Å². The zero-order chi connectivity index (χ0) is 22.2. The van der Waals surface area contributed by atoms with Gasteiger partial charge in [0.25, 0.3) is 0 Å². The van der Waals surface area contributed by atoms with Gasteiger partial charge in [0.2, 0.25) is 0 Å². The number of carboxylic acids is 1. The zero-order valence-electron chi connectivity index (χ0n) is 17.4. The SMILES string of the molecule is O=C(O)CC/C(=N/OCc1ccc(OCc2cn3ccccc3n2)cc1)c1ccccc1. The molecule has 0 radical (unpaired) electrons. The molecule has 0 saturated carbocycles. The molecule has 2 aromatic carbocycles. The molecule has 4 rings (SSSR count). The molecule has 0 aliphatic rings. The summed E-state index contributed by atoms with van der Waals surface area (Å²) in [6, 6.07) is 22.9. The van der Waals surface area contributed by atoms with Crippen LogP contribution in [0.1, 0.15) is 29.7 Å². The third-order valence-electron chi connectivity index (χ3n) is 4.81. The fourth-order valence-electron chi connectivity index (χ4n) is 3.18. The van der Waals surface area contributed by atoms with Gasteiger partial charge in [-0.05, 0) is 35.4 Å². The quantitative estimate of drug-likeness (QED) is 0.292. The van der Waals surface area contributed by atoms with E-state index in [0.29, 0.717) is 18.7 Å². The molecular formula is C25H23N3O4. The Morgan fingerprint density at radius 3 is 2.47 bits per heavy atom. The van der Waals surface area contributed by atoms with E-state index in [-0.39, 0.29) is 13.0 Å². The molecule has 1 N–H and O–H groups in total. The maximum atomic E-state index is 10.9. The summed E-state index contributed by atoms with van der Waals surface area (Å²) in [6.45, 7) is 0.655. The first-order valence-corrected chi connectivity index (χ1v) is 10.3.